The Labute approximate surface area is 127 Å². The van der Waals surface area contributed by atoms with E-state index in [2.05, 4.69) is 53.2 Å². The van der Waals surface area contributed by atoms with Gasteiger partial charge in [-0.05, 0) is 35.6 Å². The monoisotopic (exact) mass is 326 g/mol. The number of benzene rings is 3. The standard InChI is InChI=1S/C18H15BrO/c1-13-11-14(12-19)9-10-17(13)20-18-8-4-6-15-5-2-3-7-16(15)18/h2-11H,12H2,1H3. The molecule has 0 fully saturated rings. The Balaban J connectivity index is 2.01. The second-order valence-corrected chi connectivity index (χ2v) is 5.37. The second kappa shape index (κ2) is 5.68. The molecule has 0 spiro atoms. The van der Waals surface area contributed by atoms with E-state index < -0.39 is 0 Å². The first-order chi connectivity index (χ1) is 9.78. The van der Waals surface area contributed by atoms with Crippen molar-refractivity contribution in [2.75, 3.05) is 0 Å². The number of rotatable bonds is 3. The number of aryl methyl sites for hydroxylation is 1. The fraction of sp³-hybridized carbons (Fsp3) is 0.111. The fourth-order valence-corrected chi connectivity index (χ4v) is 2.66. The van der Waals surface area contributed by atoms with E-state index in [4.69, 9.17) is 4.74 Å². The zero-order valence-corrected chi connectivity index (χ0v) is 12.9. The summed E-state index contributed by atoms with van der Waals surface area (Å²) >= 11 is 3.47. The lowest BCUT2D eigenvalue weighted by Crippen LogP contribution is -1.90. The molecule has 0 atom stereocenters. The lowest BCUT2D eigenvalue weighted by molar-refractivity contribution is 0.484. The van der Waals surface area contributed by atoms with Crippen LogP contribution < -0.4 is 4.74 Å². The van der Waals surface area contributed by atoms with Crippen molar-refractivity contribution in [2.24, 2.45) is 0 Å². The molecule has 1 nitrogen and oxygen atoms in total. The Morgan fingerprint density at radius 2 is 1.70 bits per heavy atom. The second-order valence-electron chi connectivity index (χ2n) is 4.81. The lowest BCUT2D eigenvalue weighted by Gasteiger charge is -2.12. The molecule has 0 saturated heterocycles. The van der Waals surface area contributed by atoms with E-state index in [0.29, 0.717) is 0 Å². The molecule has 0 N–H and O–H groups in total. The average molecular weight is 327 g/mol. The summed E-state index contributed by atoms with van der Waals surface area (Å²) < 4.78 is 6.11. The summed E-state index contributed by atoms with van der Waals surface area (Å²) in [6, 6.07) is 20.7. The molecule has 3 aromatic carbocycles. The highest BCUT2D eigenvalue weighted by Gasteiger charge is 2.05. The molecule has 0 aliphatic rings. The number of hydrogen-bond acceptors (Lipinski definition) is 1. The van der Waals surface area contributed by atoms with E-state index in [9.17, 15) is 0 Å². The van der Waals surface area contributed by atoms with Gasteiger partial charge in [0.1, 0.15) is 11.5 Å². The molecule has 0 bridgehead atoms. The van der Waals surface area contributed by atoms with Crippen LogP contribution in [0.4, 0.5) is 0 Å². The summed E-state index contributed by atoms with van der Waals surface area (Å²) in [5, 5.41) is 3.20. The van der Waals surface area contributed by atoms with Gasteiger partial charge in [-0.1, -0.05) is 64.5 Å². The van der Waals surface area contributed by atoms with E-state index in [1.54, 1.807) is 0 Å². The van der Waals surface area contributed by atoms with Crippen molar-refractivity contribution in [3.63, 3.8) is 0 Å². The van der Waals surface area contributed by atoms with E-state index in [0.717, 1.165) is 27.8 Å². The van der Waals surface area contributed by atoms with E-state index in [1.165, 1.54) is 10.9 Å². The van der Waals surface area contributed by atoms with Crippen molar-refractivity contribution in [1.82, 2.24) is 0 Å². The molecular formula is C18H15BrO. The quantitative estimate of drug-likeness (QED) is 0.550. The first kappa shape index (κ1) is 13.2. The van der Waals surface area contributed by atoms with Crippen LogP contribution in [0.2, 0.25) is 0 Å². The molecule has 0 unspecified atom stereocenters. The zero-order valence-electron chi connectivity index (χ0n) is 11.3. The van der Waals surface area contributed by atoms with Crippen molar-refractivity contribution < 1.29 is 4.74 Å². The number of ether oxygens (including phenoxy) is 1. The van der Waals surface area contributed by atoms with Gasteiger partial charge in [0.15, 0.2) is 0 Å². The van der Waals surface area contributed by atoms with Crippen LogP contribution in [0.3, 0.4) is 0 Å². The maximum Gasteiger partial charge on any atom is 0.135 e. The third-order valence-electron chi connectivity index (χ3n) is 3.36. The summed E-state index contributed by atoms with van der Waals surface area (Å²) in [7, 11) is 0. The Morgan fingerprint density at radius 1 is 0.900 bits per heavy atom. The van der Waals surface area contributed by atoms with Gasteiger partial charge in [-0.25, -0.2) is 0 Å². The first-order valence-corrected chi connectivity index (χ1v) is 7.71. The molecule has 3 rings (SSSR count). The van der Waals surface area contributed by atoms with Crippen molar-refractivity contribution in [3.8, 4) is 11.5 Å². The highest BCUT2D eigenvalue weighted by atomic mass is 79.9. The van der Waals surface area contributed by atoms with Crippen LogP contribution in [-0.2, 0) is 5.33 Å². The Bertz CT molecular complexity index is 744. The SMILES string of the molecule is Cc1cc(CBr)ccc1Oc1cccc2ccccc12. The van der Waals surface area contributed by atoms with Gasteiger partial charge in [0.2, 0.25) is 0 Å². The summed E-state index contributed by atoms with van der Waals surface area (Å²) in [4.78, 5) is 0. The average Bonchev–Trinajstić information content (AvgIpc) is 2.49. The smallest absolute Gasteiger partial charge is 0.135 e. The van der Waals surface area contributed by atoms with Crippen molar-refractivity contribution in [1.29, 1.82) is 0 Å². The molecular weight excluding hydrogens is 312 g/mol. The number of halogens is 1. The molecule has 3 aromatic rings. The topological polar surface area (TPSA) is 9.23 Å². The van der Waals surface area contributed by atoms with Crippen LogP contribution in [0.15, 0.2) is 60.7 Å². The van der Waals surface area contributed by atoms with Crippen molar-refractivity contribution >= 4 is 26.7 Å². The number of alkyl halides is 1. The van der Waals surface area contributed by atoms with Gasteiger partial charge in [0, 0.05) is 10.7 Å². The fourth-order valence-electron chi connectivity index (χ4n) is 2.31. The van der Waals surface area contributed by atoms with Crippen LogP contribution in [0.1, 0.15) is 11.1 Å². The normalized spacial score (nSPS) is 10.7. The number of hydrogen-bond donors (Lipinski definition) is 0. The molecule has 0 heterocycles. The van der Waals surface area contributed by atoms with Gasteiger partial charge in [-0.2, -0.15) is 0 Å². The van der Waals surface area contributed by atoms with Gasteiger partial charge < -0.3 is 4.74 Å². The highest BCUT2D eigenvalue weighted by molar-refractivity contribution is 9.08. The minimum absolute atomic E-state index is 0.863. The Morgan fingerprint density at radius 3 is 2.50 bits per heavy atom. The molecule has 0 aromatic heterocycles. The minimum atomic E-state index is 0.863. The third-order valence-corrected chi connectivity index (χ3v) is 4.01. The van der Waals surface area contributed by atoms with Crippen LogP contribution in [0, 0.1) is 6.92 Å². The largest absolute Gasteiger partial charge is 0.456 e. The lowest BCUT2D eigenvalue weighted by atomic mass is 10.1. The predicted molar refractivity (Wildman–Crippen MR) is 87.8 cm³/mol. The van der Waals surface area contributed by atoms with Crippen LogP contribution >= 0.6 is 15.9 Å². The maximum absolute atomic E-state index is 6.11. The van der Waals surface area contributed by atoms with Crippen LogP contribution in [-0.4, -0.2) is 0 Å². The van der Waals surface area contributed by atoms with Crippen molar-refractivity contribution in [2.45, 2.75) is 12.3 Å². The van der Waals surface area contributed by atoms with Gasteiger partial charge in [-0.3, -0.25) is 0 Å². The van der Waals surface area contributed by atoms with Crippen molar-refractivity contribution in [3.05, 3.63) is 71.8 Å². The summed E-state index contributed by atoms with van der Waals surface area (Å²) in [6.45, 7) is 2.08. The highest BCUT2D eigenvalue weighted by Crippen LogP contribution is 2.31. The Kier molecular flexibility index (Phi) is 3.75. The molecule has 2 heteroatoms. The predicted octanol–water partition coefficient (Wildman–Crippen LogP) is 5.84. The van der Waals surface area contributed by atoms with Gasteiger partial charge in [0.05, 0.1) is 0 Å². The van der Waals surface area contributed by atoms with Crippen LogP contribution in [0.25, 0.3) is 10.8 Å². The third kappa shape index (κ3) is 2.56. The van der Waals surface area contributed by atoms with E-state index in [-0.39, 0.29) is 0 Å². The van der Waals surface area contributed by atoms with E-state index >= 15 is 0 Å². The molecule has 100 valence electrons. The summed E-state index contributed by atoms with van der Waals surface area (Å²) in [6.07, 6.45) is 0. The molecule has 0 aliphatic carbocycles. The summed E-state index contributed by atoms with van der Waals surface area (Å²) in [5.74, 6) is 1.81. The van der Waals surface area contributed by atoms with Gasteiger partial charge in [-0.15, -0.1) is 0 Å². The Hall–Kier alpha value is -1.80. The molecule has 0 aliphatic heterocycles. The molecule has 0 radical (unpaired) electrons. The van der Waals surface area contributed by atoms with Crippen LogP contribution in [0.5, 0.6) is 11.5 Å². The maximum atomic E-state index is 6.11. The molecule has 20 heavy (non-hydrogen) atoms. The zero-order chi connectivity index (χ0) is 13.9. The van der Waals surface area contributed by atoms with Gasteiger partial charge >= 0.3 is 0 Å². The van der Waals surface area contributed by atoms with Gasteiger partial charge in [0.25, 0.3) is 0 Å². The minimum Gasteiger partial charge on any atom is -0.456 e. The summed E-state index contributed by atoms with van der Waals surface area (Å²) in [5.41, 5.74) is 2.41. The molecule has 0 saturated carbocycles. The number of fused-ring (bicyclic) bond motifs is 1. The molecule has 0 amide bonds. The van der Waals surface area contributed by atoms with E-state index in [1.807, 2.05) is 30.3 Å². The first-order valence-electron chi connectivity index (χ1n) is 6.59.